The number of ether oxygens (including phenoxy) is 1. The molecule has 0 aliphatic rings. The van der Waals surface area contributed by atoms with Crippen molar-refractivity contribution in [1.82, 2.24) is 0 Å². The monoisotopic (exact) mass is 265 g/mol. The van der Waals surface area contributed by atoms with Crippen molar-refractivity contribution in [3.8, 4) is 11.5 Å². The minimum atomic E-state index is -0.420. The predicted octanol–water partition coefficient (Wildman–Crippen LogP) is 3.77. The first-order valence-electron chi connectivity index (χ1n) is 5.62. The van der Waals surface area contributed by atoms with Gasteiger partial charge in [0.2, 0.25) is 0 Å². The van der Waals surface area contributed by atoms with Gasteiger partial charge < -0.3 is 10.5 Å². The van der Waals surface area contributed by atoms with E-state index in [0.29, 0.717) is 23.7 Å². The third-order valence-electron chi connectivity index (χ3n) is 2.51. The van der Waals surface area contributed by atoms with Crippen LogP contribution in [0.15, 0.2) is 42.5 Å². The van der Waals surface area contributed by atoms with E-state index < -0.39 is 5.82 Å². The van der Waals surface area contributed by atoms with Crippen molar-refractivity contribution in [2.45, 2.75) is 6.42 Å². The van der Waals surface area contributed by atoms with Crippen LogP contribution in [-0.4, -0.2) is 6.54 Å². The number of rotatable bonds is 4. The standard InChI is InChI=1S/C14H13ClFNO/c15-11-5-3-4-10(8-9-17)14(11)18-13-7-2-1-6-12(13)16/h1-7H,8-9,17H2. The topological polar surface area (TPSA) is 35.2 Å². The van der Waals surface area contributed by atoms with Crippen molar-refractivity contribution >= 4 is 11.6 Å². The number of hydrogen-bond acceptors (Lipinski definition) is 2. The Bertz CT molecular complexity index is 545. The van der Waals surface area contributed by atoms with Crippen LogP contribution in [0.4, 0.5) is 4.39 Å². The summed E-state index contributed by atoms with van der Waals surface area (Å²) in [7, 11) is 0. The molecule has 2 aromatic carbocycles. The first kappa shape index (κ1) is 12.9. The lowest BCUT2D eigenvalue weighted by atomic mass is 10.1. The minimum absolute atomic E-state index is 0.156. The predicted molar refractivity (Wildman–Crippen MR) is 70.7 cm³/mol. The summed E-state index contributed by atoms with van der Waals surface area (Å²) in [4.78, 5) is 0. The van der Waals surface area contributed by atoms with Gasteiger partial charge in [-0.05, 0) is 36.7 Å². The number of para-hydroxylation sites is 2. The van der Waals surface area contributed by atoms with Crippen LogP contribution in [0.1, 0.15) is 5.56 Å². The molecule has 18 heavy (non-hydrogen) atoms. The molecule has 0 spiro atoms. The van der Waals surface area contributed by atoms with E-state index in [9.17, 15) is 4.39 Å². The van der Waals surface area contributed by atoms with E-state index in [1.54, 1.807) is 24.3 Å². The SMILES string of the molecule is NCCc1cccc(Cl)c1Oc1ccccc1F. The van der Waals surface area contributed by atoms with Gasteiger partial charge in [-0.2, -0.15) is 0 Å². The highest BCUT2D eigenvalue weighted by molar-refractivity contribution is 6.32. The number of benzene rings is 2. The Balaban J connectivity index is 2.36. The van der Waals surface area contributed by atoms with Gasteiger partial charge in [0, 0.05) is 0 Å². The van der Waals surface area contributed by atoms with Crippen molar-refractivity contribution in [2.24, 2.45) is 5.73 Å². The first-order chi connectivity index (χ1) is 8.72. The molecule has 0 heterocycles. The van der Waals surface area contributed by atoms with Crippen LogP contribution < -0.4 is 10.5 Å². The third-order valence-corrected chi connectivity index (χ3v) is 2.81. The van der Waals surface area contributed by atoms with Gasteiger partial charge in [-0.3, -0.25) is 0 Å². The minimum Gasteiger partial charge on any atom is -0.452 e. The quantitative estimate of drug-likeness (QED) is 0.913. The second-order valence-corrected chi connectivity index (χ2v) is 4.21. The highest BCUT2D eigenvalue weighted by Gasteiger charge is 2.11. The van der Waals surface area contributed by atoms with E-state index in [-0.39, 0.29) is 5.75 Å². The smallest absolute Gasteiger partial charge is 0.165 e. The Morgan fingerprint density at radius 2 is 1.89 bits per heavy atom. The average molecular weight is 266 g/mol. The molecule has 2 nitrogen and oxygen atoms in total. The van der Waals surface area contributed by atoms with Crippen LogP contribution in [-0.2, 0) is 6.42 Å². The molecule has 0 amide bonds. The van der Waals surface area contributed by atoms with Gasteiger partial charge in [-0.15, -0.1) is 0 Å². The summed E-state index contributed by atoms with van der Waals surface area (Å²) in [5.41, 5.74) is 6.40. The molecule has 0 fully saturated rings. The zero-order chi connectivity index (χ0) is 13.0. The van der Waals surface area contributed by atoms with Gasteiger partial charge in [0.1, 0.15) is 5.75 Å². The molecular weight excluding hydrogens is 253 g/mol. The van der Waals surface area contributed by atoms with Crippen LogP contribution in [0, 0.1) is 5.82 Å². The average Bonchev–Trinajstić information content (AvgIpc) is 2.36. The van der Waals surface area contributed by atoms with E-state index in [4.69, 9.17) is 22.1 Å². The molecule has 0 radical (unpaired) electrons. The van der Waals surface area contributed by atoms with Crippen LogP contribution in [0.5, 0.6) is 11.5 Å². The molecule has 2 aromatic rings. The highest BCUT2D eigenvalue weighted by Crippen LogP contribution is 2.34. The lowest BCUT2D eigenvalue weighted by Crippen LogP contribution is -2.04. The van der Waals surface area contributed by atoms with E-state index in [1.807, 2.05) is 12.1 Å². The highest BCUT2D eigenvalue weighted by atomic mass is 35.5. The number of nitrogens with two attached hydrogens (primary N) is 1. The van der Waals surface area contributed by atoms with E-state index in [1.165, 1.54) is 6.07 Å². The number of hydrogen-bond donors (Lipinski definition) is 1. The molecule has 0 aliphatic carbocycles. The van der Waals surface area contributed by atoms with Crippen molar-refractivity contribution in [3.05, 3.63) is 58.9 Å². The molecule has 0 aliphatic heterocycles. The van der Waals surface area contributed by atoms with Crippen LogP contribution >= 0.6 is 11.6 Å². The molecular formula is C14H13ClFNO. The first-order valence-corrected chi connectivity index (χ1v) is 6.00. The molecule has 2 N–H and O–H groups in total. The summed E-state index contributed by atoms with van der Waals surface area (Å²) in [6.45, 7) is 0.480. The maximum atomic E-state index is 13.5. The fourth-order valence-electron chi connectivity index (χ4n) is 1.66. The van der Waals surface area contributed by atoms with E-state index >= 15 is 0 Å². The maximum absolute atomic E-state index is 13.5. The fraction of sp³-hybridized carbons (Fsp3) is 0.143. The van der Waals surface area contributed by atoms with E-state index in [0.717, 1.165) is 5.56 Å². The van der Waals surface area contributed by atoms with Crippen molar-refractivity contribution < 1.29 is 9.13 Å². The van der Waals surface area contributed by atoms with Gasteiger partial charge in [-0.1, -0.05) is 35.9 Å². The summed E-state index contributed by atoms with van der Waals surface area (Å²) in [5, 5.41) is 0.448. The molecule has 0 saturated carbocycles. The number of halogens is 2. The third kappa shape index (κ3) is 2.81. The molecule has 0 bridgehead atoms. The van der Waals surface area contributed by atoms with Crippen LogP contribution in [0.25, 0.3) is 0 Å². The molecule has 0 unspecified atom stereocenters. The zero-order valence-corrected chi connectivity index (χ0v) is 10.5. The normalized spacial score (nSPS) is 10.4. The molecule has 0 aromatic heterocycles. The molecule has 4 heteroatoms. The Morgan fingerprint density at radius 3 is 2.61 bits per heavy atom. The van der Waals surface area contributed by atoms with Gasteiger partial charge in [0.05, 0.1) is 5.02 Å². The molecule has 94 valence electrons. The Hall–Kier alpha value is -1.58. The summed E-state index contributed by atoms with van der Waals surface area (Å²) < 4.78 is 19.1. The Morgan fingerprint density at radius 1 is 1.11 bits per heavy atom. The maximum Gasteiger partial charge on any atom is 0.165 e. The second kappa shape index (κ2) is 5.85. The van der Waals surface area contributed by atoms with Gasteiger partial charge in [0.15, 0.2) is 11.6 Å². The van der Waals surface area contributed by atoms with Gasteiger partial charge in [0.25, 0.3) is 0 Å². The van der Waals surface area contributed by atoms with Gasteiger partial charge in [-0.25, -0.2) is 4.39 Å². The summed E-state index contributed by atoms with van der Waals surface area (Å²) in [5.74, 6) is 0.203. The summed E-state index contributed by atoms with van der Waals surface area (Å²) >= 11 is 6.08. The van der Waals surface area contributed by atoms with Crippen molar-refractivity contribution in [2.75, 3.05) is 6.54 Å². The largest absolute Gasteiger partial charge is 0.452 e. The van der Waals surface area contributed by atoms with Crippen LogP contribution in [0.2, 0.25) is 5.02 Å². The summed E-state index contributed by atoms with van der Waals surface area (Å²) in [6.07, 6.45) is 0.629. The van der Waals surface area contributed by atoms with Crippen molar-refractivity contribution in [1.29, 1.82) is 0 Å². The Kier molecular flexibility index (Phi) is 4.18. The van der Waals surface area contributed by atoms with Crippen LogP contribution in [0.3, 0.4) is 0 Å². The second-order valence-electron chi connectivity index (χ2n) is 3.80. The molecule has 0 saturated heterocycles. The lowest BCUT2D eigenvalue weighted by Gasteiger charge is -2.12. The summed E-state index contributed by atoms with van der Waals surface area (Å²) in [6, 6.07) is 11.6. The fourth-order valence-corrected chi connectivity index (χ4v) is 1.89. The lowest BCUT2D eigenvalue weighted by molar-refractivity contribution is 0.438. The Labute approximate surface area is 110 Å². The molecule has 2 rings (SSSR count). The zero-order valence-electron chi connectivity index (χ0n) is 9.70. The van der Waals surface area contributed by atoms with E-state index in [2.05, 4.69) is 0 Å². The van der Waals surface area contributed by atoms with Gasteiger partial charge >= 0.3 is 0 Å². The molecule has 0 atom stereocenters. The van der Waals surface area contributed by atoms with Crippen molar-refractivity contribution in [3.63, 3.8) is 0 Å².